The van der Waals surface area contributed by atoms with E-state index in [1.807, 2.05) is 16.8 Å². The van der Waals surface area contributed by atoms with Gasteiger partial charge in [0.2, 0.25) is 11.8 Å². The van der Waals surface area contributed by atoms with Crippen molar-refractivity contribution in [3.63, 3.8) is 0 Å². The first kappa shape index (κ1) is 12.7. The average molecular weight is 288 g/mol. The van der Waals surface area contributed by atoms with Gasteiger partial charge in [-0.05, 0) is 22.4 Å². The maximum Gasteiger partial charge on any atom is 0.244 e. The molecule has 102 valence electrons. The van der Waals surface area contributed by atoms with E-state index in [-0.39, 0.29) is 11.8 Å². The minimum absolute atomic E-state index is 0.103. The van der Waals surface area contributed by atoms with Gasteiger partial charge in [0.05, 0.1) is 23.8 Å². The zero-order valence-corrected chi connectivity index (χ0v) is 11.5. The van der Waals surface area contributed by atoms with E-state index < -0.39 is 0 Å². The van der Waals surface area contributed by atoms with Gasteiger partial charge in [0.25, 0.3) is 0 Å². The standard InChI is InChI=1S/C13H12N4O2S/c1-18-5-9-11-10(7-2-3-20-6-7)8(4-14)12(15)19-13(11)17-16-9/h2-3,6,10H,5,15H2,1H3,(H,16,17)/t10-/m1/s1. The van der Waals surface area contributed by atoms with E-state index in [9.17, 15) is 5.26 Å². The molecular formula is C13H12N4O2S. The highest BCUT2D eigenvalue weighted by Gasteiger charge is 2.35. The van der Waals surface area contributed by atoms with Gasteiger partial charge in [-0.2, -0.15) is 16.6 Å². The van der Waals surface area contributed by atoms with Crippen LogP contribution < -0.4 is 10.5 Å². The minimum atomic E-state index is -0.265. The van der Waals surface area contributed by atoms with E-state index in [1.165, 1.54) is 0 Å². The number of methoxy groups -OCH3 is 1. The third-order valence-corrected chi connectivity index (χ3v) is 3.88. The average Bonchev–Trinajstić information content (AvgIpc) is 3.08. The van der Waals surface area contributed by atoms with Gasteiger partial charge >= 0.3 is 0 Å². The normalized spacial score (nSPS) is 17.5. The summed E-state index contributed by atoms with van der Waals surface area (Å²) in [5.74, 6) is 0.246. The van der Waals surface area contributed by atoms with E-state index in [2.05, 4.69) is 16.3 Å². The van der Waals surface area contributed by atoms with Gasteiger partial charge in [0.1, 0.15) is 11.6 Å². The van der Waals surface area contributed by atoms with Crippen LogP contribution in [0.5, 0.6) is 5.88 Å². The van der Waals surface area contributed by atoms with Crippen molar-refractivity contribution in [3.05, 3.63) is 45.1 Å². The quantitative estimate of drug-likeness (QED) is 0.898. The highest BCUT2D eigenvalue weighted by molar-refractivity contribution is 7.08. The Kier molecular flexibility index (Phi) is 3.18. The molecule has 0 radical (unpaired) electrons. The lowest BCUT2D eigenvalue weighted by atomic mass is 9.85. The summed E-state index contributed by atoms with van der Waals surface area (Å²) in [6.07, 6.45) is 0. The lowest BCUT2D eigenvalue weighted by molar-refractivity contribution is 0.180. The molecule has 0 saturated carbocycles. The molecular weight excluding hydrogens is 276 g/mol. The molecule has 0 aromatic carbocycles. The van der Waals surface area contributed by atoms with Gasteiger partial charge < -0.3 is 15.2 Å². The van der Waals surface area contributed by atoms with Crippen LogP contribution in [0.4, 0.5) is 0 Å². The molecule has 7 heteroatoms. The van der Waals surface area contributed by atoms with Crippen molar-refractivity contribution in [2.24, 2.45) is 5.73 Å². The van der Waals surface area contributed by atoms with Gasteiger partial charge in [0.15, 0.2) is 0 Å². The van der Waals surface area contributed by atoms with Crippen molar-refractivity contribution < 1.29 is 9.47 Å². The van der Waals surface area contributed by atoms with Gasteiger partial charge in [-0.25, -0.2) is 0 Å². The summed E-state index contributed by atoms with van der Waals surface area (Å²) in [7, 11) is 1.60. The van der Waals surface area contributed by atoms with E-state index in [0.717, 1.165) is 16.8 Å². The monoisotopic (exact) mass is 288 g/mol. The smallest absolute Gasteiger partial charge is 0.244 e. The number of aromatic amines is 1. The summed E-state index contributed by atoms with van der Waals surface area (Å²) < 4.78 is 10.6. The molecule has 1 aliphatic rings. The van der Waals surface area contributed by atoms with Gasteiger partial charge in [-0.15, -0.1) is 5.10 Å². The van der Waals surface area contributed by atoms with E-state index in [1.54, 1.807) is 18.4 Å². The molecule has 0 fully saturated rings. The Bertz CT molecular complexity index is 697. The Labute approximate surface area is 119 Å². The van der Waals surface area contributed by atoms with Crippen molar-refractivity contribution in [2.45, 2.75) is 12.5 Å². The van der Waals surface area contributed by atoms with Gasteiger partial charge in [-0.3, -0.25) is 5.10 Å². The molecule has 0 saturated heterocycles. The Morgan fingerprint density at radius 2 is 2.50 bits per heavy atom. The highest BCUT2D eigenvalue weighted by Crippen LogP contribution is 2.43. The number of aromatic nitrogens is 2. The lowest BCUT2D eigenvalue weighted by Crippen LogP contribution is -2.21. The first-order valence-electron chi connectivity index (χ1n) is 5.92. The number of hydrogen-bond donors (Lipinski definition) is 2. The summed E-state index contributed by atoms with van der Waals surface area (Å²) in [6.45, 7) is 0.366. The zero-order chi connectivity index (χ0) is 14.1. The molecule has 0 unspecified atom stereocenters. The molecule has 1 atom stereocenters. The summed E-state index contributed by atoms with van der Waals surface area (Å²) in [4.78, 5) is 0. The van der Waals surface area contributed by atoms with Crippen LogP contribution >= 0.6 is 11.3 Å². The third-order valence-electron chi connectivity index (χ3n) is 3.18. The van der Waals surface area contributed by atoms with Crippen molar-refractivity contribution in [1.29, 1.82) is 5.26 Å². The van der Waals surface area contributed by atoms with Crippen LogP contribution in [0.1, 0.15) is 22.7 Å². The van der Waals surface area contributed by atoms with E-state index in [0.29, 0.717) is 18.1 Å². The Morgan fingerprint density at radius 3 is 3.15 bits per heavy atom. The molecule has 1 aliphatic heterocycles. The van der Waals surface area contributed by atoms with Gasteiger partial charge in [0, 0.05) is 7.11 Å². The van der Waals surface area contributed by atoms with Crippen molar-refractivity contribution >= 4 is 11.3 Å². The molecule has 0 spiro atoms. The van der Waals surface area contributed by atoms with Crippen LogP contribution in [0.2, 0.25) is 0 Å². The fourth-order valence-corrected chi connectivity index (χ4v) is 3.02. The van der Waals surface area contributed by atoms with Crippen LogP contribution in [0.25, 0.3) is 0 Å². The second-order valence-corrected chi connectivity index (χ2v) is 5.12. The largest absolute Gasteiger partial charge is 0.420 e. The van der Waals surface area contributed by atoms with E-state index >= 15 is 0 Å². The molecule has 20 heavy (non-hydrogen) atoms. The summed E-state index contributed by atoms with van der Waals surface area (Å²) in [5, 5.41) is 20.3. The van der Waals surface area contributed by atoms with Crippen LogP contribution in [0, 0.1) is 11.3 Å². The fourth-order valence-electron chi connectivity index (χ4n) is 2.34. The topological polar surface area (TPSA) is 97.0 Å². The van der Waals surface area contributed by atoms with E-state index in [4.69, 9.17) is 15.2 Å². The first-order chi connectivity index (χ1) is 9.76. The zero-order valence-electron chi connectivity index (χ0n) is 10.7. The molecule has 6 nitrogen and oxygen atoms in total. The third kappa shape index (κ3) is 1.86. The Morgan fingerprint density at radius 1 is 1.65 bits per heavy atom. The number of ether oxygens (including phenoxy) is 2. The number of nitrogens with two attached hydrogens (primary N) is 1. The molecule has 0 aliphatic carbocycles. The number of rotatable bonds is 3. The number of thiophene rings is 1. The maximum absolute atomic E-state index is 9.39. The highest BCUT2D eigenvalue weighted by atomic mass is 32.1. The fraction of sp³-hybridized carbons (Fsp3) is 0.231. The molecule has 3 N–H and O–H groups in total. The molecule has 0 amide bonds. The Hall–Kier alpha value is -2.30. The van der Waals surface area contributed by atoms with Crippen LogP contribution in [-0.4, -0.2) is 17.3 Å². The molecule has 3 heterocycles. The van der Waals surface area contributed by atoms with Crippen molar-refractivity contribution in [1.82, 2.24) is 10.2 Å². The SMILES string of the molecule is COCc1[nH]nc2c1[C@H](c1ccsc1)C(C#N)=C(N)O2. The second-order valence-electron chi connectivity index (χ2n) is 4.34. The van der Waals surface area contributed by atoms with Gasteiger partial charge in [-0.1, -0.05) is 0 Å². The number of hydrogen-bond acceptors (Lipinski definition) is 6. The maximum atomic E-state index is 9.39. The number of nitrogens with zero attached hydrogens (tertiary/aromatic N) is 2. The number of H-pyrrole nitrogens is 1. The number of nitrogens with one attached hydrogen (secondary N) is 1. The van der Waals surface area contributed by atoms with Crippen molar-refractivity contribution in [3.8, 4) is 11.9 Å². The number of fused-ring (bicyclic) bond motifs is 1. The van der Waals surface area contributed by atoms with Crippen LogP contribution in [0.15, 0.2) is 28.3 Å². The first-order valence-corrected chi connectivity index (χ1v) is 6.86. The summed E-state index contributed by atoms with van der Waals surface area (Å²) in [5.41, 5.74) is 8.84. The summed E-state index contributed by atoms with van der Waals surface area (Å²) >= 11 is 1.57. The summed E-state index contributed by atoms with van der Waals surface area (Å²) in [6, 6.07) is 4.11. The second kappa shape index (κ2) is 5.00. The van der Waals surface area contributed by atoms with Crippen molar-refractivity contribution in [2.75, 3.05) is 7.11 Å². The predicted octanol–water partition coefficient (Wildman–Crippen LogP) is 1.84. The van der Waals surface area contributed by atoms with Crippen LogP contribution in [-0.2, 0) is 11.3 Å². The number of nitriles is 1. The molecule has 2 aromatic heterocycles. The lowest BCUT2D eigenvalue weighted by Gasteiger charge is -2.22. The Balaban J connectivity index is 2.19. The van der Waals surface area contributed by atoms with Crippen LogP contribution in [0.3, 0.4) is 0 Å². The molecule has 2 aromatic rings. The predicted molar refractivity (Wildman–Crippen MR) is 72.9 cm³/mol. The molecule has 3 rings (SSSR count). The number of allylic oxidation sites excluding steroid dienone is 1. The molecule has 0 bridgehead atoms. The minimum Gasteiger partial charge on any atom is -0.420 e.